The Morgan fingerprint density at radius 3 is 2.56 bits per heavy atom. The zero-order valence-corrected chi connectivity index (χ0v) is 11.8. The molecule has 0 bridgehead atoms. The fraction of sp³-hybridized carbons (Fsp3) is 0.929. The van der Waals surface area contributed by atoms with E-state index in [2.05, 4.69) is 24.1 Å². The zero-order valence-electron chi connectivity index (χ0n) is 11.8. The van der Waals surface area contributed by atoms with Gasteiger partial charge in [-0.2, -0.15) is 0 Å². The van der Waals surface area contributed by atoms with Crippen molar-refractivity contribution in [3.63, 3.8) is 0 Å². The highest BCUT2D eigenvalue weighted by Gasteiger charge is 2.23. The van der Waals surface area contributed by atoms with E-state index in [9.17, 15) is 4.79 Å². The Morgan fingerprint density at radius 2 is 2.00 bits per heavy atom. The number of nitrogens with one attached hydrogen (secondary N) is 1. The third kappa shape index (κ3) is 3.69. The number of piperazine rings is 1. The van der Waals surface area contributed by atoms with Crippen LogP contribution in [0.3, 0.4) is 0 Å². The van der Waals surface area contributed by atoms with Crippen LogP contribution in [0.1, 0.15) is 39.5 Å². The summed E-state index contributed by atoms with van der Waals surface area (Å²) in [4.78, 5) is 16.6. The van der Waals surface area contributed by atoms with Crippen LogP contribution in [-0.4, -0.2) is 60.5 Å². The van der Waals surface area contributed by atoms with Gasteiger partial charge in [0.2, 0.25) is 5.91 Å². The minimum atomic E-state index is 0.354. The number of nitrogens with zero attached hydrogens (tertiary/aromatic N) is 2. The van der Waals surface area contributed by atoms with Gasteiger partial charge in [0.1, 0.15) is 0 Å². The quantitative estimate of drug-likeness (QED) is 0.814. The largest absolute Gasteiger partial charge is 0.340 e. The van der Waals surface area contributed by atoms with Crippen molar-refractivity contribution in [3.05, 3.63) is 0 Å². The molecule has 0 aromatic rings. The van der Waals surface area contributed by atoms with Gasteiger partial charge < -0.3 is 10.2 Å². The summed E-state index contributed by atoms with van der Waals surface area (Å²) < 4.78 is 0. The fourth-order valence-electron chi connectivity index (χ4n) is 2.95. The molecule has 2 rings (SSSR count). The second-order valence-corrected chi connectivity index (χ2v) is 5.84. The first-order valence-corrected chi connectivity index (χ1v) is 7.42. The third-order valence-corrected chi connectivity index (χ3v) is 4.27. The van der Waals surface area contributed by atoms with Crippen LogP contribution in [0.5, 0.6) is 0 Å². The Balaban J connectivity index is 1.67. The minimum Gasteiger partial charge on any atom is -0.340 e. The molecule has 1 amide bonds. The van der Waals surface area contributed by atoms with Gasteiger partial charge in [-0.15, -0.1) is 0 Å². The molecular formula is C14H27N3O. The van der Waals surface area contributed by atoms with Crippen LogP contribution < -0.4 is 5.32 Å². The van der Waals surface area contributed by atoms with E-state index in [-0.39, 0.29) is 0 Å². The molecule has 0 aromatic carbocycles. The Kier molecular flexibility index (Phi) is 5.01. The van der Waals surface area contributed by atoms with E-state index in [1.54, 1.807) is 0 Å². The Morgan fingerprint density at radius 1 is 1.28 bits per heavy atom. The summed E-state index contributed by atoms with van der Waals surface area (Å²) in [5.41, 5.74) is 0. The summed E-state index contributed by atoms with van der Waals surface area (Å²) in [5.74, 6) is 0.354. The van der Waals surface area contributed by atoms with Gasteiger partial charge in [0.15, 0.2) is 0 Å². The highest BCUT2D eigenvalue weighted by molar-refractivity contribution is 5.76. The summed E-state index contributed by atoms with van der Waals surface area (Å²) in [6.45, 7) is 9.47. The fourth-order valence-corrected chi connectivity index (χ4v) is 2.95. The average molecular weight is 253 g/mol. The van der Waals surface area contributed by atoms with Crippen LogP contribution in [0.25, 0.3) is 0 Å². The second kappa shape index (κ2) is 6.53. The predicted octanol–water partition coefficient (Wildman–Crippen LogP) is 1.07. The summed E-state index contributed by atoms with van der Waals surface area (Å²) in [5, 5.41) is 3.46. The molecule has 0 aliphatic carbocycles. The normalized spacial score (nSPS) is 25.9. The molecule has 4 nitrogen and oxygen atoms in total. The van der Waals surface area contributed by atoms with Crippen LogP contribution in [0, 0.1) is 0 Å². The van der Waals surface area contributed by atoms with E-state index in [4.69, 9.17) is 0 Å². The van der Waals surface area contributed by atoms with Crippen molar-refractivity contribution in [1.29, 1.82) is 0 Å². The van der Waals surface area contributed by atoms with Crippen LogP contribution in [0.4, 0.5) is 0 Å². The molecule has 0 saturated carbocycles. The molecular weight excluding hydrogens is 226 g/mol. The van der Waals surface area contributed by atoms with Crippen molar-refractivity contribution in [2.45, 2.75) is 51.6 Å². The van der Waals surface area contributed by atoms with Crippen LogP contribution in [0.15, 0.2) is 0 Å². The SMILES string of the molecule is CC(C)N1CCN(C(=O)CCC2CCCN2)CC1. The number of carbonyl (C=O) groups excluding carboxylic acids is 1. The maximum absolute atomic E-state index is 12.1. The van der Waals surface area contributed by atoms with Crippen molar-refractivity contribution in [2.24, 2.45) is 0 Å². The van der Waals surface area contributed by atoms with E-state index in [1.807, 2.05) is 4.90 Å². The van der Waals surface area contributed by atoms with E-state index >= 15 is 0 Å². The Bertz CT molecular complexity index is 266. The maximum Gasteiger partial charge on any atom is 0.222 e. The molecule has 2 aliphatic rings. The number of carbonyl (C=O) groups is 1. The van der Waals surface area contributed by atoms with Crippen molar-refractivity contribution in [2.75, 3.05) is 32.7 Å². The van der Waals surface area contributed by atoms with Crippen LogP contribution in [-0.2, 0) is 4.79 Å². The monoisotopic (exact) mass is 253 g/mol. The van der Waals surface area contributed by atoms with E-state index < -0.39 is 0 Å². The molecule has 104 valence electrons. The average Bonchev–Trinajstić information content (AvgIpc) is 2.89. The predicted molar refractivity (Wildman–Crippen MR) is 73.5 cm³/mol. The highest BCUT2D eigenvalue weighted by atomic mass is 16.2. The lowest BCUT2D eigenvalue weighted by Crippen LogP contribution is -2.50. The molecule has 2 saturated heterocycles. The molecule has 2 aliphatic heterocycles. The van der Waals surface area contributed by atoms with Gasteiger partial charge in [-0.3, -0.25) is 9.69 Å². The maximum atomic E-state index is 12.1. The van der Waals surface area contributed by atoms with Gasteiger partial charge in [-0.1, -0.05) is 0 Å². The number of amides is 1. The van der Waals surface area contributed by atoms with Gasteiger partial charge in [-0.25, -0.2) is 0 Å². The van der Waals surface area contributed by atoms with Crippen LogP contribution in [0.2, 0.25) is 0 Å². The molecule has 2 fully saturated rings. The summed E-state index contributed by atoms with van der Waals surface area (Å²) >= 11 is 0. The van der Waals surface area contributed by atoms with Crippen molar-refractivity contribution >= 4 is 5.91 Å². The summed E-state index contributed by atoms with van der Waals surface area (Å²) in [6, 6.07) is 1.19. The lowest BCUT2D eigenvalue weighted by atomic mass is 10.1. The zero-order chi connectivity index (χ0) is 13.0. The Labute approximate surface area is 111 Å². The van der Waals surface area contributed by atoms with E-state index in [1.165, 1.54) is 12.8 Å². The van der Waals surface area contributed by atoms with Gasteiger partial charge >= 0.3 is 0 Å². The minimum absolute atomic E-state index is 0.354. The molecule has 0 aromatic heterocycles. The van der Waals surface area contributed by atoms with Gasteiger partial charge in [0, 0.05) is 44.7 Å². The highest BCUT2D eigenvalue weighted by Crippen LogP contribution is 2.13. The van der Waals surface area contributed by atoms with Crippen molar-refractivity contribution < 1.29 is 4.79 Å². The number of rotatable bonds is 4. The number of hydrogen-bond acceptors (Lipinski definition) is 3. The molecule has 4 heteroatoms. The summed E-state index contributed by atoms with van der Waals surface area (Å²) in [6.07, 6.45) is 4.25. The van der Waals surface area contributed by atoms with E-state index in [0.29, 0.717) is 18.0 Å². The first-order chi connectivity index (χ1) is 8.66. The topological polar surface area (TPSA) is 35.6 Å². The second-order valence-electron chi connectivity index (χ2n) is 5.84. The lowest BCUT2D eigenvalue weighted by Gasteiger charge is -2.37. The van der Waals surface area contributed by atoms with Crippen molar-refractivity contribution in [1.82, 2.24) is 15.1 Å². The standard InChI is InChI=1S/C14H27N3O/c1-12(2)16-8-10-17(11-9-16)14(18)6-5-13-4-3-7-15-13/h12-13,15H,3-11H2,1-2H3. The lowest BCUT2D eigenvalue weighted by molar-refractivity contribution is -0.133. The van der Waals surface area contributed by atoms with Gasteiger partial charge in [0.05, 0.1) is 0 Å². The molecule has 2 heterocycles. The molecule has 18 heavy (non-hydrogen) atoms. The number of hydrogen-bond donors (Lipinski definition) is 1. The molecule has 0 radical (unpaired) electrons. The van der Waals surface area contributed by atoms with E-state index in [0.717, 1.165) is 45.6 Å². The van der Waals surface area contributed by atoms with Crippen molar-refractivity contribution in [3.8, 4) is 0 Å². The smallest absolute Gasteiger partial charge is 0.222 e. The van der Waals surface area contributed by atoms with Gasteiger partial charge in [-0.05, 0) is 39.7 Å². The third-order valence-electron chi connectivity index (χ3n) is 4.27. The first kappa shape index (κ1) is 13.8. The summed E-state index contributed by atoms with van der Waals surface area (Å²) in [7, 11) is 0. The molecule has 1 N–H and O–H groups in total. The van der Waals surface area contributed by atoms with Crippen LogP contribution >= 0.6 is 0 Å². The Hall–Kier alpha value is -0.610. The molecule has 1 unspecified atom stereocenters. The van der Waals surface area contributed by atoms with Gasteiger partial charge in [0.25, 0.3) is 0 Å². The molecule has 0 spiro atoms. The first-order valence-electron chi connectivity index (χ1n) is 7.42. The molecule has 1 atom stereocenters.